The molecule has 0 N–H and O–H groups in total. The van der Waals surface area contributed by atoms with E-state index in [4.69, 9.17) is 4.74 Å². The molecule has 0 amide bonds. The number of aromatic nitrogens is 3. The van der Waals surface area contributed by atoms with Gasteiger partial charge in [0.1, 0.15) is 18.4 Å². The van der Waals surface area contributed by atoms with Crippen LogP contribution < -0.4 is 4.74 Å². The Morgan fingerprint density at radius 3 is 2.56 bits per heavy atom. The number of aryl methyl sites for hydroxylation is 1. The van der Waals surface area contributed by atoms with Gasteiger partial charge in [0.15, 0.2) is 0 Å². The van der Waals surface area contributed by atoms with Crippen molar-refractivity contribution in [3.05, 3.63) is 76.8 Å². The smallest absolute Gasteiger partial charge is 0.137 e. The van der Waals surface area contributed by atoms with Crippen LogP contribution in [0.1, 0.15) is 23.5 Å². The average Bonchev–Trinajstić information content (AvgIpc) is 3.13. The quantitative estimate of drug-likeness (QED) is 0.544. The first-order valence-electron chi connectivity index (χ1n) is 7.96. The fourth-order valence-corrected chi connectivity index (χ4v) is 3.15. The van der Waals surface area contributed by atoms with Crippen LogP contribution in [-0.2, 0) is 13.0 Å². The van der Waals surface area contributed by atoms with E-state index in [2.05, 4.69) is 62.4 Å². The molecule has 1 unspecified atom stereocenters. The maximum atomic E-state index is 5.47. The predicted molar refractivity (Wildman–Crippen MR) is 105 cm³/mol. The van der Waals surface area contributed by atoms with Crippen LogP contribution in [0.25, 0.3) is 0 Å². The lowest BCUT2D eigenvalue weighted by Gasteiger charge is -2.18. The Labute approximate surface area is 162 Å². The van der Waals surface area contributed by atoms with Crippen molar-refractivity contribution in [1.82, 2.24) is 14.8 Å². The molecule has 3 rings (SSSR count). The van der Waals surface area contributed by atoms with Crippen LogP contribution in [0.15, 0.2) is 65.7 Å². The number of nitrogens with zero attached hydrogens (tertiary/aromatic N) is 3. The van der Waals surface area contributed by atoms with Gasteiger partial charge in [-0.05, 0) is 42.2 Å². The lowest BCUT2D eigenvalue weighted by atomic mass is 9.92. The minimum Gasteiger partial charge on any atom is -0.496 e. The van der Waals surface area contributed by atoms with E-state index < -0.39 is 0 Å². The summed E-state index contributed by atoms with van der Waals surface area (Å²) in [6.07, 6.45) is 5.33. The Kier molecular flexibility index (Phi) is 7.47. The molecule has 0 aliphatic rings. The first kappa shape index (κ1) is 19.5. The summed E-state index contributed by atoms with van der Waals surface area (Å²) < 4.78 is 8.46. The van der Waals surface area contributed by atoms with Gasteiger partial charge in [-0.1, -0.05) is 46.3 Å². The Morgan fingerprint density at radius 1 is 1.12 bits per heavy atom. The van der Waals surface area contributed by atoms with Crippen LogP contribution in [0.2, 0.25) is 0 Å². The van der Waals surface area contributed by atoms with Gasteiger partial charge in [-0.3, -0.25) is 4.68 Å². The Hall–Kier alpha value is -1.85. The van der Waals surface area contributed by atoms with E-state index in [-0.39, 0.29) is 12.4 Å². The summed E-state index contributed by atoms with van der Waals surface area (Å²) in [7, 11) is 1.72. The number of halogens is 2. The molecule has 4 nitrogen and oxygen atoms in total. The Bertz CT molecular complexity index is 763. The van der Waals surface area contributed by atoms with Crippen LogP contribution in [0.4, 0.5) is 0 Å². The summed E-state index contributed by atoms with van der Waals surface area (Å²) in [5, 5.41) is 4.26. The molecule has 1 heterocycles. The zero-order chi connectivity index (χ0) is 16.8. The van der Waals surface area contributed by atoms with Crippen molar-refractivity contribution in [2.24, 2.45) is 0 Å². The van der Waals surface area contributed by atoms with Gasteiger partial charge in [-0.15, -0.1) is 12.4 Å². The molecule has 6 heteroatoms. The van der Waals surface area contributed by atoms with Gasteiger partial charge >= 0.3 is 0 Å². The molecule has 1 aromatic heterocycles. The third-order valence-corrected chi connectivity index (χ3v) is 4.70. The summed E-state index contributed by atoms with van der Waals surface area (Å²) >= 11 is 3.51. The molecule has 0 saturated heterocycles. The molecule has 0 bridgehead atoms. The van der Waals surface area contributed by atoms with E-state index in [0.29, 0.717) is 5.92 Å². The Morgan fingerprint density at radius 2 is 1.88 bits per heavy atom. The predicted octanol–water partition coefficient (Wildman–Crippen LogP) is 4.89. The van der Waals surface area contributed by atoms with Crippen molar-refractivity contribution in [2.75, 3.05) is 7.11 Å². The van der Waals surface area contributed by atoms with E-state index in [1.165, 1.54) is 11.1 Å². The highest BCUT2D eigenvalue weighted by atomic mass is 79.9. The highest BCUT2D eigenvalue weighted by Crippen LogP contribution is 2.27. The molecule has 0 aliphatic carbocycles. The van der Waals surface area contributed by atoms with Gasteiger partial charge in [0, 0.05) is 16.9 Å². The van der Waals surface area contributed by atoms with Crippen LogP contribution in [0, 0.1) is 0 Å². The zero-order valence-electron chi connectivity index (χ0n) is 14.0. The van der Waals surface area contributed by atoms with Crippen molar-refractivity contribution in [3.63, 3.8) is 0 Å². The molecule has 132 valence electrons. The molecule has 0 saturated carbocycles. The van der Waals surface area contributed by atoms with Crippen LogP contribution in [0.3, 0.4) is 0 Å². The number of para-hydroxylation sites is 1. The normalized spacial score (nSPS) is 11.6. The summed E-state index contributed by atoms with van der Waals surface area (Å²) in [4.78, 5) is 4.05. The average molecular weight is 423 g/mol. The lowest BCUT2D eigenvalue weighted by molar-refractivity contribution is 0.406. The second-order valence-corrected chi connectivity index (χ2v) is 6.63. The molecule has 0 spiro atoms. The van der Waals surface area contributed by atoms with Gasteiger partial charge in [0.05, 0.1) is 7.11 Å². The van der Waals surface area contributed by atoms with Gasteiger partial charge < -0.3 is 4.74 Å². The van der Waals surface area contributed by atoms with Gasteiger partial charge in [0.2, 0.25) is 0 Å². The minimum atomic E-state index is 0. The summed E-state index contributed by atoms with van der Waals surface area (Å²) in [5.74, 6) is 1.32. The fourth-order valence-electron chi connectivity index (χ4n) is 2.89. The third kappa shape index (κ3) is 5.31. The maximum Gasteiger partial charge on any atom is 0.137 e. The molecule has 1 atom stereocenters. The fraction of sp³-hybridized carbons (Fsp3) is 0.263. The van der Waals surface area contributed by atoms with Crippen LogP contribution in [0.5, 0.6) is 5.75 Å². The second-order valence-electron chi connectivity index (χ2n) is 5.72. The largest absolute Gasteiger partial charge is 0.496 e. The monoisotopic (exact) mass is 421 g/mol. The highest BCUT2D eigenvalue weighted by molar-refractivity contribution is 9.10. The molecule has 0 fully saturated rings. The van der Waals surface area contributed by atoms with Gasteiger partial charge in [0.25, 0.3) is 0 Å². The standard InChI is InChI=1S/C19H20BrN3O.ClH/c1-24-19-5-3-2-4-16(19)6-7-17(12-23-14-21-13-22-23)15-8-10-18(20)11-9-15;/h2-5,8-11,13-14,17H,6-7,12H2,1H3;1H. The molecule has 2 aromatic carbocycles. The first-order valence-corrected chi connectivity index (χ1v) is 8.75. The highest BCUT2D eigenvalue weighted by Gasteiger charge is 2.14. The lowest BCUT2D eigenvalue weighted by Crippen LogP contribution is -2.11. The summed E-state index contributed by atoms with van der Waals surface area (Å²) in [5.41, 5.74) is 2.55. The molecular weight excluding hydrogens is 402 g/mol. The number of ether oxygens (including phenoxy) is 1. The van der Waals surface area contributed by atoms with E-state index >= 15 is 0 Å². The Balaban J connectivity index is 0.00000225. The summed E-state index contributed by atoms with van der Waals surface area (Å²) in [6.45, 7) is 0.816. The SMILES string of the molecule is COc1ccccc1CCC(Cn1cncn1)c1ccc(Br)cc1.Cl. The maximum absolute atomic E-state index is 5.47. The first-order chi connectivity index (χ1) is 11.8. The van der Waals surface area contributed by atoms with Crippen molar-refractivity contribution in [1.29, 1.82) is 0 Å². The van der Waals surface area contributed by atoms with E-state index in [9.17, 15) is 0 Å². The number of methoxy groups -OCH3 is 1. The molecule has 0 aliphatic heterocycles. The topological polar surface area (TPSA) is 39.9 Å². The van der Waals surface area contributed by atoms with E-state index in [0.717, 1.165) is 29.6 Å². The number of hydrogen-bond acceptors (Lipinski definition) is 3. The van der Waals surface area contributed by atoms with Crippen molar-refractivity contribution < 1.29 is 4.74 Å². The van der Waals surface area contributed by atoms with Crippen molar-refractivity contribution in [2.45, 2.75) is 25.3 Å². The van der Waals surface area contributed by atoms with E-state index in [1.807, 2.05) is 16.8 Å². The van der Waals surface area contributed by atoms with Crippen molar-refractivity contribution in [3.8, 4) is 5.75 Å². The number of benzene rings is 2. The molecule has 25 heavy (non-hydrogen) atoms. The molecular formula is C19H21BrClN3O. The third-order valence-electron chi connectivity index (χ3n) is 4.17. The van der Waals surface area contributed by atoms with Crippen molar-refractivity contribution >= 4 is 28.3 Å². The second kappa shape index (κ2) is 9.59. The van der Waals surface area contributed by atoms with E-state index in [1.54, 1.807) is 19.8 Å². The number of hydrogen-bond donors (Lipinski definition) is 0. The van der Waals surface area contributed by atoms with Crippen LogP contribution >= 0.6 is 28.3 Å². The summed E-state index contributed by atoms with van der Waals surface area (Å²) in [6, 6.07) is 16.7. The van der Waals surface area contributed by atoms with Gasteiger partial charge in [-0.2, -0.15) is 5.10 Å². The molecule has 0 radical (unpaired) electrons. The zero-order valence-corrected chi connectivity index (χ0v) is 16.4. The minimum absolute atomic E-state index is 0. The van der Waals surface area contributed by atoms with Crippen LogP contribution in [-0.4, -0.2) is 21.9 Å². The molecule has 3 aromatic rings. The van der Waals surface area contributed by atoms with Gasteiger partial charge in [-0.25, -0.2) is 4.98 Å². The number of rotatable bonds is 7.